The van der Waals surface area contributed by atoms with Crippen molar-refractivity contribution in [1.82, 2.24) is 5.32 Å². The molecule has 2 atom stereocenters. The van der Waals surface area contributed by atoms with Gasteiger partial charge in [-0.2, -0.15) is 0 Å². The van der Waals surface area contributed by atoms with E-state index in [1.807, 2.05) is 6.92 Å². The van der Waals surface area contributed by atoms with Gasteiger partial charge in [-0.3, -0.25) is 4.79 Å². The first-order valence-corrected chi connectivity index (χ1v) is 4.90. The molecule has 0 fully saturated rings. The quantitative estimate of drug-likeness (QED) is 0.598. The number of aliphatic hydroxyl groups excluding tert-OH is 1. The Balaban J connectivity index is 3.87. The number of aliphatic carboxylic acids is 1. The number of hydrogen-bond acceptors (Lipinski definition) is 3. The number of nitrogens with one attached hydrogen (secondary N) is 1. The van der Waals surface area contributed by atoms with E-state index >= 15 is 0 Å². The van der Waals surface area contributed by atoms with Gasteiger partial charge in [-0.15, -0.1) is 0 Å². The number of hydrogen-bond donors (Lipinski definition) is 3. The molecular formula is C10H21NO3. The van der Waals surface area contributed by atoms with Crippen molar-refractivity contribution in [3.8, 4) is 0 Å². The van der Waals surface area contributed by atoms with Crippen molar-refractivity contribution in [3.05, 3.63) is 0 Å². The van der Waals surface area contributed by atoms with Crippen molar-refractivity contribution in [1.29, 1.82) is 0 Å². The third-order valence-corrected chi connectivity index (χ3v) is 2.17. The maximum Gasteiger partial charge on any atom is 0.310 e. The monoisotopic (exact) mass is 203 g/mol. The van der Waals surface area contributed by atoms with Crippen molar-refractivity contribution in [3.63, 3.8) is 0 Å². The topological polar surface area (TPSA) is 69.6 Å². The Kier molecular flexibility index (Phi) is 5.08. The molecule has 0 spiro atoms. The van der Waals surface area contributed by atoms with Crippen LogP contribution in [0.4, 0.5) is 0 Å². The number of carboxylic acids is 1. The first-order chi connectivity index (χ1) is 6.25. The number of carboxylic acid groups (broad SMARTS) is 1. The zero-order valence-corrected chi connectivity index (χ0v) is 9.37. The lowest BCUT2D eigenvalue weighted by molar-refractivity contribution is -0.146. The minimum atomic E-state index is -0.811. The summed E-state index contributed by atoms with van der Waals surface area (Å²) in [5, 5.41) is 21.0. The van der Waals surface area contributed by atoms with E-state index in [-0.39, 0.29) is 12.1 Å². The van der Waals surface area contributed by atoms with Crippen LogP contribution in [-0.2, 0) is 4.79 Å². The first kappa shape index (κ1) is 13.4. The van der Waals surface area contributed by atoms with Crippen LogP contribution in [0.15, 0.2) is 0 Å². The molecule has 0 saturated heterocycles. The summed E-state index contributed by atoms with van der Waals surface area (Å²) in [7, 11) is 0. The Morgan fingerprint density at radius 1 is 1.43 bits per heavy atom. The summed E-state index contributed by atoms with van der Waals surface area (Å²) >= 11 is 0. The van der Waals surface area contributed by atoms with Crippen LogP contribution < -0.4 is 5.32 Å². The molecule has 4 heteroatoms. The molecule has 2 unspecified atom stereocenters. The van der Waals surface area contributed by atoms with E-state index in [2.05, 4.69) is 5.32 Å². The molecule has 0 aliphatic carbocycles. The van der Waals surface area contributed by atoms with Gasteiger partial charge in [0.1, 0.15) is 0 Å². The third kappa shape index (κ3) is 5.19. The van der Waals surface area contributed by atoms with Crippen LogP contribution in [-0.4, -0.2) is 34.9 Å². The second-order valence-corrected chi connectivity index (χ2v) is 4.56. The number of rotatable bonds is 6. The average Bonchev–Trinajstić information content (AvgIpc) is 1.99. The van der Waals surface area contributed by atoms with Crippen molar-refractivity contribution >= 4 is 5.97 Å². The molecule has 0 aliphatic heterocycles. The standard InChI is InChI=1S/C10H21NO3/c1-7(5-8(2)12)11-6-10(3,4)9(13)14/h7-8,11-12H,5-6H2,1-4H3,(H,13,14). The predicted octanol–water partition coefficient (Wildman–Crippen LogP) is 0.846. The maximum absolute atomic E-state index is 10.8. The van der Waals surface area contributed by atoms with Crippen LogP contribution >= 0.6 is 0 Å². The molecule has 3 N–H and O–H groups in total. The van der Waals surface area contributed by atoms with E-state index in [4.69, 9.17) is 10.2 Å². The van der Waals surface area contributed by atoms with E-state index in [1.165, 1.54) is 0 Å². The van der Waals surface area contributed by atoms with Gasteiger partial charge in [0, 0.05) is 12.6 Å². The highest BCUT2D eigenvalue weighted by Gasteiger charge is 2.27. The van der Waals surface area contributed by atoms with E-state index in [9.17, 15) is 4.79 Å². The lowest BCUT2D eigenvalue weighted by Crippen LogP contribution is -2.40. The van der Waals surface area contributed by atoms with Crippen LogP contribution in [0.1, 0.15) is 34.1 Å². The molecule has 0 aromatic carbocycles. The van der Waals surface area contributed by atoms with Gasteiger partial charge in [0.05, 0.1) is 11.5 Å². The van der Waals surface area contributed by atoms with Crippen molar-refractivity contribution < 1.29 is 15.0 Å². The van der Waals surface area contributed by atoms with Gasteiger partial charge in [-0.25, -0.2) is 0 Å². The highest BCUT2D eigenvalue weighted by atomic mass is 16.4. The van der Waals surface area contributed by atoms with E-state index in [1.54, 1.807) is 20.8 Å². The van der Waals surface area contributed by atoms with Gasteiger partial charge in [-0.1, -0.05) is 0 Å². The maximum atomic E-state index is 10.8. The van der Waals surface area contributed by atoms with Gasteiger partial charge in [0.25, 0.3) is 0 Å². The van der Waals surface area contributed by atoms with Gasteiger partial charge in [0.15, 0.2) is 0 Å². The molecule has 84 valence electrons. The molecule has 0 aromatic rings. The third-order valence-electron chi connectivity index (χ3n) is 2.17. The molecule has 0 aliphatic rings. The Bertz CT molecular complexity index is 190. The zero-order valence-electron chi connectivity index (χ0n) is 9.37. The summed E-state index contributed by atoms with van der Waals surface area (Å²) in [5.41, 5.74) is -0.757. The largest absolute Gasteiger partial charge is 0.481 e. The van der Waals surface area contributed by atoms with Crippen LogP contribution in [0.5, 0.6) is 0 Å². The molecule has 4 nitrogen and oxygen atoms in total. The summed E-state index contributed by atoms with van der Waals surface area (Å²) in [4.78, 5) is 10.8. The van der Waals surface area contributed by atoms with E-state index < -0.39 is 11.4 Å². The molecule has 0 heterocycles. The minimum absolute atomic E-state index is 0.133. The lowest BCUT2D eigenvalue weighted by Gasteiger charge is -2.23. The Morgan fingerprint density at radius 2 is 1.93 bits per heavy atom. The van der Waals surface area contributed by atoms with Crippen molar-refractivity contribution in [2.24, 2.45) is 5.41 Å². The number of carbonyl (C=O) groups is 1. The SMILES string of the molecule is CC(O)CC(C)NCC(C)(C)C(=O)O. The second-order valence-electron chi connectivity index (χ2n) is 4.56. The van der Waals surface area contributed by atoms with Gasteiger partial charge in [0.2, 0.25) is 0 Å². The first-order valence-electron chi connectivity index (χ1n) is 4.90. The fourth-order valence-corrected chi connectivity index (χ4v) is 1.10. The number of aliphatic hydroxyl groups is 1. The highest BCUT2D eigenvalue weighted by Crippen LogP contribution is 2.13. The fraction of sp³-hybridized carbons (Fsp3) is 0.900. The van der Waals surface area contributed by atoms with Crippen molar-refractivity contribution in [2.45, 2.75) is 46.3 Å². The van der Waals surface area contributed by atoms with Crippen LogP contribution in [0.3, 0.4) is 0 Å². The van der Waals surface area contributed by atoms with Crippen LogP contribution in [0, 0.1) is 5.41 Å². The molecule has 0 radical (unpaired) electrons. The second kappa shape index (κ2) is 5.32. The lowest BCUT2D eigenvalue weighted by atomic mass is 9.93. The smallest absolute Gasteiger partial charge is 0.310 e. The molecular weight excluding hydrogens is 182 g/mol. The fourth-order valence-electron chi connectivity index (χ4n) is 1.10. The summed E-state index contributed by atoms with van der Waals surface area (Å²) in [6.07, 6.45) is 0.279. The Labute approximate surface area is 85.3 Å². The summed E-state index contributed by atoms with van der Waals surface area (Å²) in [5.74, 6) is -0.811. The molecule has 0 aromatic heterocycles. The summed E-state index contributed by atoms with van der Waals surface area (Å²) in [6, 6.07) is 0.133. The van der Waals surface area contributed by atoms with Gasteiger partial charge in [-0.05, 0) is 34.1 Å². The summed E-state index contributed by atoms with van der Waals surface area (Å²) in [6.45, 7) is 7.43. The normalized spacial score (nSPS) is 16.4. The molecule has 0 amide bonds. The predicted molar refractivity (Wildman–Crippen MR) is 55.2 cm³/mol. The van der Waals surface area contributed by atoms with Crippen molar-refractivity contribution in [2.75, 3.05) is 6.54 Å². The molecule has 0 saturated carbocycles. The Morgan fingerprint density at radius 3 is 2.29 bits per heavy atom. The molecule has 0 rings (SSSR count). The zero-order chi connectivity index (χ0) is 11.4. The molecule has 14 heavy (non-hydrogen) atoms. The van der Waals surface area contributed by atoms with Crippen LogP contribution in [0.2, 0.25) is 0 Å². The molecule has 0 bridgehead atoms. The van der Waals surface area contributed by atoms with Gasteiger partial charge < -0.3 is 15.5 Å². The highest BCUT2D eigenvalue weighted by molar-refractivity contribution is 5.73. The van der Waals surface area contributed by atoms with E-state index in [0.29, 0.717) is 13.0 Å². The van der Waals surface area contributed by atoms with Crippen LogP contribution in [0.25, 0.3) is 0 Å². The Hall–Kier alpha value is -0.610. The minimum Gasteiger partial charge on any atom is -0.481 e. The average molecular weight is 203 g/mol. The van der Waals surface area contributed by atoms with Gasteiger partial charge >= 0.3 is 5.97 Å². The van der Waals surface area contributed by atoms with E-state index in [0.717, 1.165) is 0 Å². The summed E-state index contributed by atoms with van der Waals surface area (Å²) < 4.78 is 0.